The Balaban J connectivity index is 1.82. The lowest BCUT2D eigenvalue weighted by Gasteiger charge is -2.29. The van der Waals surface area contributed by atoms with Gasteiger partial charge in [0.25, 0.3) is 0 Å². The number of ether oxygens (including phenoxy) is 3. The van der Waals surface area contributed by atoms with Crippen molar-refractivity contribution < 1.29 is 23.8 Å². The molecule has 0 saturated carbocycles. The molecular formula is C33H45N3O5S. The van der Waals surface area contributed by atoms with E-state index in [2.05, 4.69) is 33.0 Å². The molecule has 3 aromatic rings. The molecule has 1 aromatic heterocycles. The number of carbonyl (C=O) groups excluding carboxylic acids is 2. The highest BCUT2D eigenvalue weighted by atomic mass is 32.1. The Morgan fingerprint density at radius 2 is 1.55 bits per heavy atom. The summed E-state index contributed by atoms with van der Waals surface area (Å²) in [6, 6.07) is 15.6. The number of urea groups is 1. The number of rotatable bonds is 15. The SMILES string of the molecule is COCCN(CC(=O)N(CCc1ccc(OC)c(OC)c1)Cc1cccs1)C(=O)Nc1c(C(C)C)cccc1C(C)C. The minimum atomic E-state index is -0.314. The molecule has 1 heterocycles. The van der Waals surface area contributed by atoms with Crippen LogP contribution in [0.15, 0.2) is 53.9 Å². The Hall–Kier alpha value is -3.56. The molecule has 8 nitrogen and oxygen atoms in total. The molecule has 42 heavy (non-hydrogen) atoms. The van der Waals surface area contributed by atoms with Crippen molar-refractivity contribution in [2.24, 2.45) is 0 Å². The van der Waals surface area contributed by atoms with Crippen LogP contribution in [0.1, 0.15) is 61.1 Å². The Morgan fingerprint density at radius 1 is 0.857 bits per heavy atom. The number of nitrogens with one attached hydrogen (secondary N) is 1. The molecule has 9 heteroatoms. The summed E-state index contributed by atoms with van der Waals surface area (Å²) < 4.78 is 16.1. The number of benzene rings is 2. The van der Waals surface area contributed by atoms with Gasteiger partial charge in [-0.05, 0) is 58.5 Å². The second-order valence-electron chi connectivity index (χ2n) is 10.8. The average Bonchev–Trinajstić information content (AvgIpc) is 3.50. The van der Waals surface area contributed by atoms with E-state index in [1.165, 1.54) is 0 Å². The summed E-state index contributed by atoms with van der Waals surface area (Å²) in [5.41, 5.74) is 3.99. The van der Waals surface area contributed by atoms with Crippen LogP contribution in [0, 0.1) is 0 Å². The van der Waals surface area contributed by atoms with Crippen molar-refractivity contribution in [1.82, 2.24) is 9.80 Å². The fraction of sp³-hybridized carbons (Fsp3) is 0.455. The number of hydrogen-bond donors (Lipinski definition) is 1. The zero-order valence-electron chi connectivity index (χ0n) is 25.9. The summed E-state index contributed by atoms with van der Waals surface area (Å²) in [5.74, 6) is 1.64. The molecule has 0 aliphatic heterocycles. The largest absolute Gasteiger partial charge is 0.493 e. The molecule has 3 amide bonds. The summed E-state index contributed by atoms with van der Waals surface area (Å²) in [5, 5.41) is 5.16. The Kier molecular flexibility index (Phi) is 12.7. The minimum absolute atomic E-state index is 0.0621. The fourth-order valence-electron chi connectivity index (χ4n) is 4.78. The van der Waals surface area contributed by atoms with Crippen LogP contribution < -0.4 is 14.8 Å². The Labute approximate surface area is 254 Å². The van der Waals surface area contributed by atoms with Crippen molar-refractivity contribution in [2.45, 2.75) is 52.5 Å². The smallest absolute Gasteiger partial charge is 0.322 e. The van der Waals surface area contributed by atoms with E-state index in [1.807, 2.05) is 58.8 Å². The van der Waals surface area contributed by atoms with Gasteiger partial charge < -0.3 is 29.3 Å². The normalized spacial score (nSPS) is 11.1. The van der Waals surface area contributed by atoms with E-state index in [-0.39, 0.29) is 36.9 Å². The van der Waals surface area contributed by atoms with Gasteiger partial charge >= 0.3 is 6.03 Å². The molecule has 2 aromatic carbocycles. The van der Waals surface area contributed by atoms with Gasteiger partial charge in [-0.1, -0.05) is 58.0 Å². The number of carbonyl (C=O) groups is 2. The lowest BCUT2D eigenvalue weighted by Crippen LogP contribution is -2.46. The van der Waals surface area contributed by atoms with Crippen molar-refractivity contribution in [2.75, 3.05) is 52.9 Å². The van der Waals surface area contributed by atoms with E-state index in [9.17, 15) is 9.59 Å². The molecule has 1 N–H and O–H groups in total. The number of para-hydroxylation sites is 1. The van der Waals surface area contributed by atoms with E-state index < -0.39 is 0 Å². The standard InChI is InChI=1S/C33H45N3O5S/c1-23(2)27-11-8-12-28(24(3)4)32(27)34-33(38)36(17-18-39-5)22-31(37)35(21-26-10-9-19-42-26)16-15-25-13-14-29(40-6)30(20-25)41-7/h8-14,19-20,23-24H,15-18,21-22H2,1-7H3,(H,34,38). The van der Waals surface area contributed by atoms with E-state index in [0.29, 0.717) is 37.6 Å². The van der Waals surface area contributed by atoms with Gasteiger partial charge in [0.05, 0.1) is 27.4 Å². The number of thiophene rings is 1. The zero-order valence-corrected chi connectivity index (χ0v) is 26.8. The Morgan fingerprint density at radius 3 is 2.12 bits per heavy atom. The summed E-state index contributed by atoms with van der Waals surface area (Å²) in [6.07, 6.45) is 0.626. The maximum atomic E-state index is 13.8. The van der Waals surface area contributed by atoms with Gasteiger partial charge in [0.2, 0.25) is 5.91 Å². The van der Waals surface area contributed by atoms with E-state index >= 15 is 0 Å². The molecule has 0 saturated heterocycles. The molecule has 228 valence electrons. The van der Waals surface area contributed by atoms with Gasteiger partial charge in [0.15, 0.2) is 11.5 Å². The topological polar surface area (TPSA) is 80.3 Å². The van der Waals surface area contributed by atoms with Crippen LogP contribution >= 0.6 is 11.3 Å². The molecule has 0 fully saturated rings. The van der Waals surface area contributed by atoms with Gasteiger partial charge in [-0.25, -0.2) is 4.79 Å². The third-order valence-corrected chi connectivity index (χ3v) is 8.04. The predicted molar refractivity (Wildman–Crippen MR) is 170 cm³/mol. The maximum absolute atomic E-state index is 13.8. The summed E-state index contributed by atoms with van der Waals surface area (Å²) in [4.78, 5) is 32.0. The number of anilines is 1. The van der Waals surface area contributed by atoms with Gasteiger partial charge in [0.1, 0.15) is 6.54 Å². The van der Waals surface area contributed by atoms with Crippen LogP contribution in [0.4, 0.5) is 10.5 Å². The highest BCUT2D eigenvalue weighted by Crippen LogP contribution is 2.33. The summed E-state index contributed by atoms with van der Waals surface area (Å²) >= 11 is 1.61. The molecule has 0 aliphatic carbocycles. The van der Waals surface area contributed by atoms with Crippen LogP contribution in [0.5, 0.6) is 11.5 Å². The quantitative estimate of drug-likeness (QED) is 0.210. The number of hydrogen-bond acceptors (Lipinski definition) is 6. The number of nitrogens with zero attached hydrogens (tertiary/aromatic N) is 2. The molecule has 0 spiro atoms. The van der Waals surface area contributed by atoms with Gasteiger partial charge in [0, 0.05) is 30.8 Å². The predicted octanol–water partition coefficient (Wildman–Crippen LogP) is 6.76. The molecule has 3 rings (SSSR count). The molecule has 0 unspecified atom stereocenters. The molecule has 0 aliphatic rings. The van der Waals surface area contributed by atoms with Crippen molar-refractivity contribution in [3.8, 4) is 11.5 Å². The maximum Gasteiger partial charge on any atom is 0.322 e. The first kappa shape index (κ1) is 32.9. The molecule has 0 atom stereocenters. The summed E-state index contributed by atoms with van der Waals surface area (Å²) in [6.45, 7) is 9.95. The van der Waals surface area contributed by atoms with E-state index in [0.717, 1.165) is 27.3 Å². The second kappa shape index (κ2) is 16.2. The first-order valence-corrected chi connectivity index (χ1v) is 15.2. The third-order valence-electron chi connectivity index (χ3n) is 7.18. The highest BCUT2D eigenvalue weighted by Gasteiger charge is 2.24. The van der Waals surface area contributed by atoms with Crippen LogP contribution in [0.25, 0.3) is 0 Å². The van der Waals surface area contributed by atoms with Crippen molar-refractivity contribution in [1.29, 1.82) is 0 Å². The lowest BCUT2D eigenvalue weighted by molar-refractivity contribution is -0.132. The monoisotopic (exact) mass is 595 g/mol. The van der Waals surface area contributed by atoms with Crippen molar-refractivity contribution >= 4 is 29.0 Å². The van der Waals surface area contributed by atoms with E-state index in [1.54, 1.807) is 37.6 Å². The Bertz CT molecular complexity index is 1270. The first-order chi connectivity index (χ1) is 20.2. The van der Waals surface area contributed by atoms with Gasteiger partial charge in [-0.15, -0.1) is 11.3 Å². The van der Waals surface area contributed by atoms with E-state index in [4.69, 9.17) is 14.2 Å². The molecule has 0 radical (unpaired) electrons. The van der Waals surface area contributed by atoms with Crippen LogP contribution in [-0.4, -0.2) is 69.3 Å². The lowest BCUT2D eigenvalue weighted by atomic mass is 9.93. The van der Waals surface area contributed by atoms with Crippen molar-refractivity contribution in [3.63, 3.8) is 0 Å². The van der Waals surface area contributed by atoms with Gasteiger partial charge in [-0.2, -0.15) is 0 Å². The second-order valence-corrected chi connectivity index (χ2v) is 11.8. The third kappa shape index (κ3) is 8.97. The number of amides is 3. The summed E-state index contributed by atoms with van der Waals surface area (Å²) in [7, 11) is 4.81. The first-order valence-electron chi connectivity index (χ1n) is 14.4. The van der Waals surface area contributed by atoms with Crippen LogP contribution in [0.2, 0.25) is 0 Å². The number of methoxy groups -OCH3 is 3. The van der Waals surface area contributed by atoms with Crippen molar-refractivity contribution in [3.05, 3.63) is 75.5 Å². The van der Waals surface area contributed by atoms with Crippen LogP contribution in [-0.2, 0) is 22.5 Å². The molecule has 0 bridgehead atoms. The van der Waals surface area contributed by atoms with Crippen LogP contribution in [0.3, 0.4) is 0 Å². The fourth-order valence-corrected chi connectivity index (χ4v) is 5.50. The zero-order chi connectivity index (χ0) is 30.6. The van der Waals surface area contributed by atoms with Gasteiger partial charge in [-0.3, -0.25) is 4.79 Å². The minimum Gasteiger partial charge on any atom is -0.493 e. The average molecular weight is 596 g/mol. The molecular weight excluding hydrogens is 550 g/mol. The highest BCUT2D eigenvalue weighted by molar-refractivity contribution is 7.09.